The molecule has 0 bridgehead atoms. The summed E-state index contributed by atoms with van der Waals surface area (Å²) in [5, 5.41) is 12.2. The van der Waals surface area contributed by atoms with Crippen LogP contribution in [0, 0.1) is 18.3 Å². The number of nitrogens with zero attached hydrogens (tertiary/aromatic N) is 3. The third-order valence-electron chi connectivity index (χ3n) is 3.18. The number of hydrogen-bond donors (Lipinski definition) is 1. The smallest absolute Gasteiger partial charge is 0.130 e. The predicted octanol–water partition coefficient (Wildman–Crippen LogP) is 1.45. The summed E-state index contributed by atoms with van der Waals surface area (Å²) in [6.45, 7) is 3.94. The highest BCUT2D eigenvalue weighted by atomic mass is 15.2. The number of anilines is 1. The molecule has 4 heteroatoms. The second kappa shape index (κ2) is 5.15. The lowest BCUT2D eigenvalue weighted by atomic mass is 10.2. The molecule has 1 aliphatic heterocycles. The lowest BCUT2D eigenvalue weighted by Gasteiger charge is -2.26. The van der Waals surface area contributed by atoms with Gasteiger partial charge in [0.05, 0.1) is 11.6 Å². The van der Waals surface area contributed by atoms with E-state index in [1.807, 2.05) is 26.1 Å². The molecule has 0 spiro atoms. The van der Waals surface area contributed by atoms with E-state index < -0.39 is 0 Å². The number of hydrogen-bond acceptors (Lipinski definition) is 4. The van der Waals surface area contributed by atoms with E-state index >= 15 is 0 Å². The highest BCUT2D eigenvalue weighted by Crippen LogP contribution is 2.24. The van der Waals surface area contributed by atoms with Gasteiger partial charge in [-0.3, -0.25) is 0 Å². The summed E-state index contributed by atoms with van der Waals surface area (Å²) in [6.07, 6.45) is 2.39. The van der Waals surface area contributed by atoms with E-state index in [0.717, 1.165) is 24.6 Å². The molecule has 0 aromatic carbocycles. The van der Waals surface area contributed by atoms with Gasteiger partial charge in [0.15, 0.2) is 0 Å². The first kappa shape index (κ1) is 11.9. The zero-order valence-corrected chi connectivity index (χ0v) is 10.4. The molecule has 1 aliphatic rings. The first-order valence-corrected chi connectivity index (χ1v) is 6.04. The van der Waals surface area contributed by atoms with E-state index in [4.69, 9.17) is 5.26 Å². The third kappa shape index (κ3) is 2.56. The first-order valence-electron chi connectivity index (χ1n) is 6.04. The summed E-state index contributed by atoms with van der Waals surface area (Å²) in [7, 11) is 1.97. The fraction of sp³-hybridized carbons (Fsp3) is 0.538. The molecular weight excluding hydrogens is 212 g/mol. The number of rotatable bonds is 3. The molecule has 1 fully saturated rings. The molecule has 0 aliphatic carbocycles. The molecule has 4 nitrogen and oxygen atoms in total. The van der Waals surface area contributed by atoms with Crippen LogP contribution in [0.15, 0.2) is 12.1 Å². The Morgan fingerprint density at radius 2 is 2.41 bits per heavy atom. The standard InChI is InChI=1S/C13H18N4/c1-10-6-11(8-14)7-13(16-10)17-5-3-4-12(17)9-15-2/h6-7,12,15H,3-5,9H2,1-2H3. The van der Waals surface area contributed by atoms with Crippen LogP contribution in [0.4, 0.5) is 5.82 Å². The topological polar surface area (TPSA) is 52.0 Å². The van der Waals surface area contributed by atoms with Crippen LogP contribution in [-0.2, 0) is 0 Å². The van der Waals surface area contributed by atoms with Crippen molar-refractivity contribution < 1.29 is 0 Å². The number of nitrogens with one attached hydrogen (secondary N) is 1. The minimum atomic E-state index is 0.501. The summed E-state index contributed by atoms with van der Waals surface area (Å²) in [6, 6.07) is 6.41. The van der Waals surface area contributed by atoms with E-state index in [0.29, 0.717) is 11.6 Å². The molecule has 0 saturated carbocycles. The number of pyridine rings is 1. The summed E-state index contributed by atoms with van der Waals surface area (Å²) < 4.78 is 0. The molecule has 90 valence electrons. The third-order valence-corrected chi connectivity index (χ3v) is 3.18. The maximum Gasteiger partial charge on any atom is 0.130 e. The normalized spacial score (nSPS) is 19.4. The Bertz CT molecular complexity index is 436. The Morgan fingerprint density at radius 1 is 1.59 bits per heavy atom. The largest absolute Gasteiger partial charge is 0.352 e. The monoisotopic (exact) mass is 230 g/mol. The Labute approximate surface area is 102 Å². The maximum absolute atomic E-state index is 8.99. The molecule has 0 radical (unpaired) electrons. The van der Waals surface area contributed by atoms with Crippen LogP contribution in [0.2, 0.25) is 0 Å². The summed E-state index contributed by atoms with van der Waals surface area (Å²) >= 11 is 0. The van der Waals surface area contributed by atoms with Crippen molar-refractivity contribution in [1.82, 2.24) is 10.3 Å². The van der Waals surface area contributed by atoms with Gasteiger partial charge >= 0.3 is 0 Å². The fourth-order valence-corrected chi connectivity index (χ4v) is 2.45. The van der Waals surface area contributed by atoms with Gasteiger partial charge in [0.2, 0.25) is 0 Å². The quantitative estimate of drug-likeness (QED) is 0.854. The predicted molar refractivity (Wildman–Crippen MR) is 68.0 cm³/mol. The van der Waals surface area contributed by atoms with Crippen molar-refractivity contribution in [2.75, 3.05) is 25.0 Å². The lowest BCUT2D eigenvalue weighted by molar-refractivity contribution is 0.611. The van der Waals surface area contributed by atoms with Crippen molar-refractivity contribution in [3.63, 3.8) is 0 Å². The van der Waals surface area contributed by atoms with E-state index in [1.54, 1.807) is 0 Å². The van der Waals surface area contributed by atoms with E-state index in [9.17, 15) is 0 Å². The number of likely N-dealkylation sites (N-methyl/N-ethyl adjacent to an activating group) is 1. The van der Waals surface area contributed by atoms with Crippen molar-refractivity contribution in [3.05, 3.63) is 23.4 Å². The van der Waals surface area contributed by atoms with E-state index in [2.05, 4.69) is 21.3 Å². The number of nitriles is 1. The molecule has 2 heterocycles. The SMILES string of the molecule is CNCC1CCCN1c1cc(C#N)cc(C)n1. The van der Waals surface area contributed by atoms with Crippen LogP contribution < -0.4 is 10.2 Å². The number of aryl methyl sites for hydroxylation is 1. The lowest BCUT2D eigenvalue weighted by Crippen LogP contribution is -2.37. The van der Waals surface area contributed by atoms with Crippen LogP contribution in [0.25, 0.3) is 0 Å². The average Bonchev–Trinajstić information content (AvgIpc) is 2.77. The molecule has 1 atom stereocenters. The summed E-state index contributed by atoms with van der Waals surface area (Å²) in [4.78, 5) is 6.85. The first-order chi connectivity index (χ1) is 8.24. The average molecular weight is 230 g/mol. The minimum Gasteiger partial charge on any atom is -0.352 e. The Kier molecular flexibility index (Phi) is 3.60. The van der Waals surface area contributed by atoms with Gasteiger partial charge in [0, 0.05) is 24.8 Å². The highest BCUT2D eigenvalue weighted by molar-refractivity contribution is 5.48. The van der Waals surface area contributed by atoms with Crippen molar-refractivity contribution in [2.45, 2.75) is 25.8 Å². The van der Waals surface area contributed by atoms with E-state index in [-0.39, 0.29) is 0 Å². The molecule has 1 N–H and O–H groups in total. The minimum absolute atomic E-state index is 0.501. The number of aromatic nitrogens is 1. The molecule has 1 aromatic rings. The van der Waals surface area contributed by atoms with Gasteiger partial charge in [0.1, 0.15) is 5.82 Å². The van der Waals surface area contributed by atoms with Gasteiger partial charge in [0.25, 0.3) is 0 Å². The molecule has 1 saturated heterocycles. The van der Waals surface area contributed by atoms with Crippen molar-refractivity contribution in [3.8, 4) is 6.07 Å². The van der Waals surface area contributed by atoms with Gasteiger partial charge in [-0.25, -0.2) is 4.98 Å². The second-order valence-corrected chi connectivity index (χ2v) is 4.51. The van der Waals surface area contributed by atoms with Crippen molar-refractivity contribution in [1.29, 1.82) is 5.26 Å². The highest BCUT2D eigenvalue weighted by Gasteiger charge is 2.25. The van der Waals surface area contributed by atoms with Gasteiger partial charge < -0.3 is 10.2 Å². The van der Waals surface area contributed by atoms with Crippen molar-refractivity contribution >= 4 is 5.82 Å². The molecular formula is C13H18N4. The van der Waals surface area contributed by atoms with Crippen LogP contribution in [-0.4, -0.2) is 31.2 Å². The Hall–Kier alpha value is -1.60. The molecule has 17 heavy (non-hydrogen) atoms. The molecule has 0 amide bonds. The molecule has 1 aromatic heterocycles. The van der Waals surface area contributed by atoms with Gasteiger partial charge in [-0.1, -0.05) is 0 Å². The zero-order valence-electron chi connectivity index (χ0n) is 10.4. The van der Waals surface area contributed by atoms with Gasteiger partial charge in [-0.15, -0.1) is 0 Å². The van der Waals surface area contributed by atoms with Gasteiger partial charge in [-0.2, -0.15) is 5.26 Å². The van der Waals surface area contributed by atoms with Crippen LogP contribution >= 0.6 is 0 Å². The van der Waals surface area contributed by atoms with Crippen molar-refractivity contribution in [2.24, 2.45) is 0 Å². The van der Waals surface area contributed by atoms with Crippen LogP contribution in [0.3, 0.4) is 0 Å². The van der Waals surface area contributed by atoms with Crippen LogP contribution in [0.5, 0.6) is 0 Å². The second-order valence-electron chi connectivity index (χ2n) is 4.51. The Balaban J connectivity index is 2.27. The van der Waals surface area contributed by atoms with E-state index in [1.165, 1.54) is 12.8 Å². The van der Waals surface area contributed by atoms with Gasteiger partial charge in [-0.05, 0) is 38.9 Å². The summed E-state index contributed by atoms with van der Waals surface area (Å²) in [5.41, 5.74) is 1.61. The Morgan fingerprint density at radius 3 is 3.12 bits per heavy atom. The fourth-order valence-electron chi connectivity index (χ4n) is 2.45. The van der Waals surface area contributed by atoms with Crippen LogP contribution in [0.1, 0.15) is 24.1 Å². The maximum atomic E-state index is 8.99. The molecule has 2 rings (SSSR count). The zero-order chi connectivity index (χ0) is 12.3. The molecule has 1 unspecified atom stereocenters. The summed E-state index contributed by atoms with van der Waals surface area (Å²) in [5.74, 6) is 0.944.